The molecule has 0 bridgehead atoms. The lowest BCUT2D eigenvalue weighted by Crippen LogP contribution is -2.49. The molecule has 0 aliphatic carbocycles. The van der Waals surface area contributed by atoms with Crippen molar-refractivity contribution in [2.45, 2.75) is 12.1 Å². The van der Waals surface area contributed by atoms with Gasteiger partial charge in [-0.25, -0.2) is 4.39 Å². The maximum Gasteiger partial charge on any atom is 0.401 e. The first-order chi connectivity index (χ1) is 9.40. The van der Waals surface area contributed by atoms with Crippen LogP contribution in [0.5, 0.6) is 0 Å². The molecule has 2 rings (SSSR count). The van der Waals surface area contributed by atoms with Crippen molar-refractivity contribution in [3.8, 4) is 0 Å². The lowest BCUT2D eigenvalue weighted by atomic mass is 10.1. The molecule has 0 aromatic heterocycles. The normalized spacial score (nSPS) is 17.6. The van der Waals surface area contributed by atoms with Crippen molar-refractivity contribution in [3.05, 3.63) is 29.6 Å². The van der Waals surface area contributed by atoms with E-state index in [1.165, 1.54) is 11.0 Å². The highest BCUT2D eigenvalue weighted by Crippen LogP contribution is 2.26. The monoisotopic (exact) mass is 310 g/mol. The molecule has 7 heteroatoms. The zero-order valence-electron chi connectivity index (χ0n) is 10.8. The van der Waals surface area contributed by atoms with Gasteiger partial charge in [-0.3, -0.25) is 4.90 Å². The molecule has 1 fully saturated rings. The Labute approximate surface area is 119 Å². The number of nitrogens with zero attached hydrogens (tertiary/aromatic N) is 2. The molecule has 0 amide bonds. The molecule has 1 heterocycles. The number of piperazine rings is 1. The summed E-state index contributed by atoms with van der Waals surface area (Å²) in [6.45, 7) is 0.578. The molecule has 1 aliphatic rings. The van der Waals surface area contributed by atoms with Crippen LogP contribution in [0, 0.1) is 5.82 Å². The van der Waals surface area contributed by atoms with E-state index in [1.807, 2.05) is 4.90 Å². The number of benzene rings is 1. The third-order valence-electron chi connectivity index (χ3n) is 3.34. The minimum absolute atomic E-state index is 0.0464. The van der Waals surface area contributed by atoms with E-state index < -0.39 is 12.7 Å². The topological polar surface area (TPSA) is 6.48 Å². The number of hydrogen-bond donors (Lipinski definition) is 0. The molecular formula is C13H15ClF4N2. The van der Waals surface area contributed by atoms with Crippen molar-refractivity contribution in [1.82, 2.24) is 4.90 Å². The van der Waals surface area contributed by atoms with Crippen LogP contribution in [0.1, 0.15) is 5.56 Å². The lowest BCUT2D eigenvalue weighted by molar-refractivity contribution is -0.146. The van der Waals surface area contributed by atoms with Gasteiger partial charge < -0.3 is 4.90 Å². The minimum Gasteiger partial charge on any atom is -0.369 e. The van der Waals surface area contributed by atoms with E-state index in [4.69, 9.17) is 11.6 Å². The Bertz CT molecular complexity index is 456. The summed E-state index contributed by atoms with van der Waals surface area (Å²) in [5, 5.41) is 0. The first-order valence-electron chi connectivity index (χ1n) is 6.28. The van der Waals surface area contributed by atoms with Gasteiger partial charge in [-0.2, -0.15) is 13.2 Å². The van der Waals surface area contributed by atoms with Crippen LogP contribution in [0.4, 0.5) is 23.2 Å². The summed E-state index contributed by atoms with van der Waals surface area (Å²) in [4.78, 5) is 3.24. The number of halogens is 5. The summed E-state index contributed by atoms with van der Waals surface area (Å²) < 4.78 is 50.6. The maximum absolute atomic E-state index is 13.6. The van der Waals surface area contributed by atoms with Crippen LogP contribution < -0.4 is 4.90 Å². The number of alkyl halides is 4. The van der Waals surface area contributed by atoms with Crippen molar-refractivity contribution < 1.29 is 17.6 Å². The van der Waals surface area contributed by atoms with E-state index in [2.05, 4.69) is 0 Å². The van der Waals surface area contributed by atoms with Crippen molar-refractivity contribution in [2.75, 3.05) is 37.6 Å². The average Bonchev–Trinajstić information content (AvgIpc) is 2.37. The van der Waals surface area contributed by atoms with Crippen LogP contribution in [-0.2, 0) is 5.88 Å². The summed E-state index contributed by atoms with van der Waals surface area (Å²) >= 11 is 5.75. The largest absolute Gasteiger partial charge is 0.401 e. The van der Waals surface area contributed by atoms with Crippen molar-refractivity contribution >= 4 is 17.3 Å². The predicted octanol–water partition coefficient (Wildman–Crippen LogP) is 3.25. The second kappa shape index (κ2) is 6.18. The van der Waals surface area contributed by atoms with Gasteiger partial charge >= 0.3 is 6.18 Å². The van der Waals surface area contributed by atoms with Crippen molar-refractivity contribution in [1.29, 1.82) is 0 Å². The fraction of sp³-hybridized carbons (Fsp3) is 0.538. The molecule has 0 unspecified atom stereocenters. The summed E-state index contributed by atoms with van der Waals surface area (Å²) in [5.41, 5.74) is 1.07. The van der Waals surface area contributed by atoms with Crippen LogP contribution in [0.2, 0.25) is 0 Å². The van der Waals surface area contributed by atoms with E-state index >= 15 is 0 Å². The van der Waals surface area contributed by atoms with Crippen molar-refractivity contribution in [3.63, 3.8) is 0 Å². The molecule has 1 aromatic rings. The Morgan fingerprint density at radius 2 is 1.75 bits per heavy atom. The quantitative estimate of drug-likeness (QED) is 0.624. The Morgan fingerprint density at radius 3 is 2.30 bits per heavy atom. The van der Waals surface area contributed by atoms with Gasteiger partial charge in [0.2, 0.25) is 0 Å². The van der Waals surface area contributed by atoms with Crippen molar-refractivity contribution in [2.24, 2.45) is 0 Å². The van der Waals surface area contributed by atoms with Gasteiger partial charge in [0.15, 0.2) is 0 Å². The van der Waals surface area contributed by atoms with Gasteiger partial charge in [-0.05, 0) is 12.1 Å². The van der Waals surface area contributed by atoms with Gasteiger partial charge in [-0.1, -0.05) is 6.07 Å². The zero-order valence-corrected chi connectivity index (χ0v) is 11.5. The Hall–Kier alpha value is -1.01. The fourth-order valence-corrected chi connectivity index (χ4v) is 2.64. The second-order valence-corrected chi connectivity index (χ2v) is 5.02. The van der Waals surface area contributed by atoms with Gasteiger partial charge in [0, 0.05) is 37.4 Å². The fourth-order valence-electron chi connectivity index (χ4n) is 2.38. The Kier molecular flexibility index (Phi) is 4.75. The second-order valence-electron chi connectivity index (χ2n) is 4.75. The smallest absolute Gasteiger partial charge is 0.369 e. The van der Waals surface area contributed by atoms with Gasteiger partial charge in [0.25, 0.3) is 0 Å². The molecular weight excluding hydrogens is 296 g/mol. The highest BCUT2D eigenvalue weighted by atomic mass is 35.5. The first-order valence-corrected chi connectivity index (χ1v) is 6.81. The van der Waals surface area contributed by atoms with E-state index in [1.54, 1.807) is 12.1 Å². The average molecular weight is 311 g/mol. The van der Waals surface area contributed by atoms with Gasteiger partial charge in [0.1, 0.15) is 5.82 Å². The highest BCUT2D eigenvalue weighted by molar-refractivity contribution is 6.17. The Morgan fingerprint density at radius 1 is 1.10 bits per heavy atom. The molecule has 20 heavy (non-hydrogen) atoms. The number of rotatable bonds is 3. The van der Waals surface area contributed by atoms with Crippen LogP contribution >= 0.6 is 11.6 Å². The van der Waals surface area contributed by atoms with Crippen LogP contribution in [0.25, 0.3) is 0 Å². The predicted molar refractivity (Wildman–Crippen MR) is 70.7 cm³/mol. The molecule has 1 aliphatic heterocycles. The SMILES string of the molecule is Fc1cccc(N2CCN(CC(F)(F)F)CC2)c1CCl. The molecule has 1 aromatic carbocycles. The van der Waals surface area contributed by atoms with E-state index in [9.17, 15) is 17.6 Å². The number of anilines is 1. The zero-order chi connectivity index (χ0) is 14.8. The van der Waals surface area contributed by atoms with Gasteiger partial charge in [0.05, 0.1) is 12.4 Å². The minimum atomic E-state index is -4.18. The third-order valence-corrected chi connectivity index (χ3v) is 3.61. The van der Waals surface area contributed by atoms with Crippen LogP contribution in [0.3, 0.4) is 0 Å². The summed E-state index contributed by atoms with van der Waals surface area (Å²) in [6.07, 6.45) is -4.18. The number of hydrogen-bond acceptors (Lipinski definition) is 2. The van der Waals surface area contributed by atoms with Crippen LogP contribution in [0.15, 0.2) is 18.2 Å². The summed E-state index contributed by atoms with van der Waals surface area (Å²) in [6, 6.07) is 4.67. The summed E-state index contributed by atoms with van der Waals surface area (Å²) in [5.74, 6) is -0.333. The lowest BCUT2D eigenvalue weighted by Gasteiger charge is -2.37. The first kappa shape index (κ1) is 15.4. The van der Waals surface area contributed by atoms with Crippen LogP contribution in [-0.4, -0.2) is 43.8 Å². The molecule has 1 saturated heterocycles. The molecule has 0 saturated carbocycles. The van der Waals surface area contributed by atoms with E-state index in [0.29, 0.717) is 37.4 Å². The maximum atomic E-state index is 13.6. The molecule has 0 N–H and O–H groups in total. The summed E-state index contributed by atoms with van der Waals surface area (Å²) in [7, 11) is 0. The van der Waals surface area contributed by atoms with E-state index in [-0.39, 0.29) is 11.7 Å². The van der Waals surface area contributed by atoms with E-state index in [0.717, 1.165) is 0 Å². The Balaban J connectivity index is 2.02. The highest BCUT2D eigenvalue weighted by Gasteiger charge is 2.32. The standard InChI is InChI=1S/C13H15ClF4N2/c14-8-10-11(15)2-1-3-12(10)20-6-4-19(5-7-20)9-13(16,17)18/h1-3H,4-9H2. The van der Waals surface area contributed by atoms with Gasteiger partial charge in [-0.15, -0.1) is 11.6 Å². The molecule has 2 nitrogen and oxygen atoms in total. The third kappa shape index (κ3) is 3.76. The molecule has 0 radical (unpaired) electrons. The molecule has 0 atom stereocenters. The molecule has 0 spiro atoms. The molecule has 112 valence electrons.